The number of nitrogens with one attached hydrogen (secondary N) is 1. The molecule has 0 amide bonds. The molecule has 0 bridgehead atoms. The minimum atomic E-state index is -3.79. The van der Waals surface area contributed by atoms with Gasteiger partial charge in [-0.25, -0.2) is 0 Å². The molecular formula is C11H12N2O5S. The van der Waals surface area contributed by atoms with Crippen molar-refractivity contribution in [2.24, 2.45) is 4.40 Å². The average molecular weight is 284 g/mol. The Morgan fingerprint density at radius 2 is 2.21 bits per heavy atom. The van der Waals surface area contributed by atoms with Crippen molar-refractivity contribution in [3.05, 3.63) is 18.2 Å². The predicted molar refractivity (Wildman–Crippen MR) is 68.1 cm³/mol. The van der Waals surface area contributed by atoms with E-state index in [1.165, 1.54) is 25.3 Å². The molecule has 19 heavy (non-hydrogen) atoms. The van der Waals surface area contributed by atoms with Crippen molar-refractivity contribution in [2.75, 3.05) is 12.4 Å². The summed E-state index contributed by atoms with van der Waals surface area (Å²) in [6, 6.07) is 4.45. The Hall–Kier alpha value is -2.09. The molecule has 0 fully saturated rings. The maximum Gasteiger partial charge on any atom is 0.303 e. The number of hydrogen-bond acceptors (Lipinski definition) is 5. The normalized spacial score (nSPS) is 15.9. The molecule has 102 valence electrons. The van der Waals surface area contributed by atoms with Gasteiger partial charge in [0.2, 0.25) is 0 Å². The van der Waals surface area contributed by atoms with Gasteiger partial charge < -0.3 is 15.2 Å². The van der Waals surface area contributed by atoms with Crippen LogP contribution in [0.15, 0.2) is 27.5 Å². The number of sulfonamides is 1. The Balaban J connectivity index is 2.35. The summed E-state index contributed by atoms with van der Waals surface area (Å²) in [5, 5.41) is 11.4. The number of ether oxygens (including phenoxy) is 1. The molecule has 2 N–H and O–H groups in total. The first-order chi connectivity index (χ1) is 8.92. The number of aliphatic carboxylic acids is 1. The minimum absolute atomic E-state index is 0.0191. The lowest BCUT2D eigenvalue weighted by atomic mass is 10.2. The lowest BCUT2D eigenvalue weighted by Gasteiger charge is -2.18. The highest BCUT2D eigenvalue weighted by Crippen LogP contribution is 2.31. The highest BCUT2D eigenvalue weighted by atomic mass is 32.2. The fourth-order valence-electron chi connectivity index (χ4n) is 1.66. The van der Waals surface area contributed by atoms with Crippen LogP contribution >= 0.6 is 0 Å². The van der Waals surface area contributed by atoms with Crippen molar-refractivity contribution in [1.82, 2.24) is 0 Å². The predicted octanol–water partition coefficient (Wildman–Crippen LogP) is 1.07. The summed E-state index contributed by atoms with van der Waals surface area (Å²) in [4.78, 5) is 10.5. The highest BCUT2D eigenvalue weighted by Gasteiger charge is 2.25. The number of amidine groups is 1. The van der Waals surface area contributed by atoms with Gasteiger partial charge >= 0.3 is 5.97 Å². The third-order valence-corrected chi connectivity index (χ3v) is 3.92. The van der Waals surface area contributed by atoms with Crippen LogP contribution in [-0.2, 0) is 14.8 Å². The largest absolute Gasteiger partial charge is 0.497 e. The molecule has 2 rings (SSSR count). The van der Waals surface area contributed by atoms with E-state index in [0.717, 1.165) is 0 Å². The van der Waals surface area contributed by atoms with Crippen molar-refractivity contribution in [1.29, 1.82) is 0 Å². The Labute approximate surface area is 110 Å². The zero-order valence-corrected chi connectivity index (χ0v) is 10.9. The molecule has 0 atom stereocenters. The quantitative estimate of drug-likeness (QED) is 0.857. The molecule has 8 heteroatoms. The van der Waals surface area contributed by atoms with Gasteiger partial charge in [0.1, 0.15) is 16.5 Å². The maximum absolute atomic E-state index is 11.9. The standard InChI is InChI=1S/C11H12N2O5S/c1-18-7-2-3-9-8(6-7)12-10(4-5-11(14)15)13-19(9,16)17/h2-3,6H,4-5H2,1H3,(H,12,13)(H,14,15). The van der Waals surface area contributed by atoms with Gasteiger partial charge in [0.05, 0.1) is 19.2 Å². The van der Waals surface area contributed by atoms with Gasteiger partial charge in [-0.15, -0.1) is 4.40 Å². The van der Waals surface area contributed by atoms with Crippen LogP contribution < -0.4 is 10.1 Å². The van der Waals surface area contributed by atoms with Gasteiger partial charge in [0, 0.05) is 12.5 Å². The lowest BCUT2D eigenvalue weighted by molar-refractivity contribution is -0.136. The number of hydrogen-bond donors (Lipinski definition) is 2. The van der Waals surface area contributed by atoms with E-state index in [1.807, 2.05) is 0 Å². The molecule has 0 aliphatic carbocycles. The van der Waals surface area contributed by atoms with E-state index in [-0.39, 0.29) is 23.6 Å². The number of methoxy groups -OCH3 is 1. The molecule has 0 saturated carbocycles. The zero-order chi connectivity index (χ0) is 14.0. The molecular weight excluding hydrogens is 272 g/mol. The summed E-state index contributed by atoms with van der Waals surface area (Å²) >= 11 is 0. The van der Waals surface area contributed by atoms with E-state index in [9.17, 15) is 13.2 Å². The number of benzene rings is 1. The number of fused-ring (bicyclic) bond motifs is 1. The van der Waals surface area contributed by atoms with Crippen LogP contribution in [0.25, 0.3) is 0 Å². The van der Waals surface area contributed by atoms with Crippen LogP contribution in [0.5, 0.6) is 5.75 Å². The maximum atomic E-state index is 11.9. The monoisotopic (exact) mass is 284 g/mol. The van der Waals surface area contributed by atoms with E-state index in [2.05, 4.69) is 9.71 Å². The lowest BCUT2D eigenvalue weighted by Crippen LogP contribution is -2.22. The van der Waals surface area contributed by atoms with E-state index in [4.69, 9.17) is 9.84 Å². The summed E-state index contributed by atoms with van der Waals surface area (Å²) in [5.74, 6) is -0.401. The third kappa shape index (κ3) is 2.84. The molecule has 0 radical (unpaired) electrons. The van der Waals surface area contributed by atoms with Gasteiger partial charge in [-0.3, -0.25) is 4.79 Å². The zero-order valence-electron chi connectivity index (χ0n) is 10.1. The van der Waals surface area contributed by atoms with Gasteiger partial charge in [0.15, 0.2) is 0 Å². The Morgan fingerprint density at radius 1 is 1.47 bits per heavy atom. The van der Waals surface area contributed by atoms with Crippen LogP contribution in [0.1, 0.15) is 12.8 Å². The number of carbonyl (C=O) groups is 1. The molecule has 1 aliphatic heterocycles. The van der Waals surface area contributed by atoms with E-state index < -0.39 is 16.0 Å². The summed E-state index contributed by atoms with van der Waals surface area (Å²) in [6.07, 6.45) is -0.175. The van der Waals surface area contributed by atoms with Gasteiger partial charge in [-0.05, 0) is 12.1 Å². The van der Waals surface area contributed by atoms with E-state index in [0.29, 0.717) is 11.4 Å². The molecule has 0 spiro atoms. The number of rotatable bonds is 4. The van der Waals surface area contributed by atoms with Gasteiger partial charge in [-0.1, -0.05) is 0 Å². The molecule has 0 saturated heterocycles. The van der Waals surface area contributed by atoms with Crippen LogP contribution in [0, 0.1) is 0 Å². The molecule has 1 aliphatic rings. The first kappa shape index (κ1) is 13.3. The third-order valence-electron chi connectivity index (χ3n) is 2.55. The average Bonchev–Trinajstić information content (AvgIpc) is 2.34. The summed E-state index contributed by atoms with van der Waals surface area (Å²) < 4.78 is 32.4. The molecule has 1 heterocycles. The number of nitrogens with zero attached hydrogens (tertiary/aromatic N) is 1. The molecule has 0 aromatic heterocycles. The molecule has 7 nitrogen and oxygen atoms in total. The Morgan fingerprint density at radius 3 is 2.84 bits per heavy atom. The summed E-state index contributed by atoms with van der Waals surface area (Å²) in [6.45, 7) is 0. The van der Waals surface area contributed by atoms with E-state index >= 15 is 0 Å². The second-order valence-corrected chi connectivity index (χ2v) is 5.47. The molecule has 1 aromatic rings. The SMILES string of the molecule is COc1ccc2c(c1)NC(CCC(=O)O)=NS2(=O)=O. The van der Waals surface area contributed by atoms with Crippen molar-refractivity contribution in [2.45, 2.75) is 17.7 Å². The second kappa shape index (κ2) is 4.88. The number of carboxylic acid groups (broad SMARTS) is 1. The topological polar surface area (TPSA) is 105 Å². The Kier molecular flexibility index (Phi) is 3.43. The fourth-order valence-corrected chi connectivity index (χ4v) is 2.82. The van der Waals surface area contributed by atoms with Crippen molar-refractivity contribution < 1.29 is 23.1 Å². The van der Waals surface area contributed by atoms with Crippen LogP contribution in [0.2, 0.25) is 0 Å². The number of anilines is 1. The van der Waals surface area contributed by atoms with Crippen molar-refractivity contribution in [3.63, 3.8) is 0 Å². The Bertz CT molecular complexity index is 651. The second-order valence-electron chi connectivity index (χ2n) is 3.89. The van der Waals surface area contributed by atoms with Crippen LogP contribution in [0.3, 0.4) is 0 Å². The molecule has 0 unspecified atom stereocenters. The van der Waals surface area contributed by atoms with Crippen LogP contribution in [0.4, 0.5) is 5.69 Å². The first-order valence-corrected chi connectivity index (χ1v) is 6.87. The smallest absolute Gasteiger partial charge is 0.303 e. The summed E-state index contributed by atoms with van der Waals surface area (Å²) in [5.41, 5.74) is 0.342. The summed E-state index contributed by atoms with van der Waals surface area (Å²) in [7, 11) is -2.32. The van der Waals surface area contributed by atoms with E-state index in [1.54, 1.807) is 0 Å². The van der Waals surface area contributed by atoms with Crippen LogP contribution in [-0.4, -0.2) is 32.4 Å². The first-order valence-electron chi connectivity index (χ1n) is 5.43. The van der Waals surface area contributed by atoms with Crippen molar-refractivity contribution >= 4 is 27.5 Å². The molecule has 1 aromatic carbocycles. The highest BCUT2D eigenvalue weighted by molar-refractivity contribution is 7.90. The van der Waals surface area contributed by atoms with Gasteiger partial charge in [0.25, 0.3) is 10.0 Å². The van der Waals surface area contributed by atoms with Crippen molar-refractivity contribution in [3.8, 4) is 5.75 Å². The fraction of sp³-hybridized carbons (Fsp3) is 0.273. The minimum Gasteiger partial charge on any atom is -0.497 e. The van der Waals surface area contributed by atoms with Gasteiger partial charge in [-0.2, -0.15) is 8.42 Å². The number of carboxylic acids is 1.